The number of rotatable bonds is 6. The van der Waals surface area contributed by atoms with Crippen LogP contribution >= 0.6 is 0 Å². The van der Waals surface area contributed by atoms with Gasteiger partial charge in [0.25, 0.3) is 0 Å². The molecule has 98 valence electrons. The highest BCUT2D eigenvalue weighted by molar-refractivity contribution is 5.89. The van der Waals surface area contributed by atoms with E-state index in [0.717, 1.165) is 0 Å². The first kappa shape index (κ1) is 13.9. The van der Waals surface area contributed by atoms with Crippen LogP contribution in [0, 0.1) is 5.92 Å². The molecule has 0 aliphatic carbocycles. The minimum Gasteiger partial charge on any atom is -0.389 e. The van der Waals surface area contributed by atoms with E-state index in [-0.39, 0.29) is 37.3 Å². The number of aliphatic hydroxyl groups excluding tert-OH is 1. The van der Waals surface area contributed by atoms with E-state index in [9.17, 15) is 14.7 Å². The molecular weight excluding hydrogens is 224 g/mol. The van der Waals surface area contributed by atoms with Crippen molar-refractivity contribution < 1.29 is 19.4 Å². The van der Waals surface area contributed by atoms with E-state index in [2.05, 4.69) is 5.32 Å². The number of likely N-dealkylation sites (tertiary alicyclic amines) is 1. The fourth-order valence-electron chi connectivity index (χ4n) is 1.87. The molecule has 6 nitrogen and oxygen atoms in total. The summed E-state index contributed by atoms with van der Waals surface area (Å²) in [6.45, 7) is 3.34. The molecule has 0 spiro atoms. The lowest BCUT2D eigenvalue weighted by Crippen LogP contribution is -2.38. The lowest BCUT2D eigenvalue weighted by molar-refractivity contribution is -0.129. The van der Waals surface area contributed by atoms with Crippen LogP contribution in [0.15, 0.2) is 0 Å². The van der Waals surface area contributed by atoms with Gasteiger partial charge in [0, 0.05) is 33.2 Å². The molecular formula is C11H20N2O4. The number of methoxy groups -OCH3 is 1. The molecule has 1 aliphatic rings. The van der Waals surface area contributed by atoms with Crippen molar-refractivity contribution >= 4 is 11.8 Å². The Morgan fingerprint density at radius 2 is 2.41 bits per heavy atom. The quantitative estimate of drug-likeness (QED) is 0.627. The monoisotopic (exact) mass is 244 g/mol. The maximum Gasteiger partial charge on any atom is 0.225 e. The number of hydrogen-bond acceptors (Lipinski definition) is 4. The zero-order valence-corrected chi connectivity index (χ0v) is 10.3. The zero-order valence-electron chi connectivity index (χ0n) is 10.3. The van der Waals surface area contributed by atoms with Crippen molar-refractivity contribution in [3.63, 3.8) is 0 Å². The van der Waals surface area contributed by atoms with Crippen LogP contribution in [0.5, 0.6) is 0 Å². The average molecular weight is 244 g/mol. The molecule has 0 aromatic carbocycles. The van der Waals surface area contributed by atoms with E-state index in [1.807, 2.05) is 6.92 Å². The third kappa shape index (κ3) is 3.98. The van der Waals surface area contributed by atoms with Crippen molar-refractivity contribution in [2.75, 3.05) is 33.4 Å². The summed E-state index contributed by atoms with van der Waals surface area (Å²) in [5.41, 5.74) is 0. The normalized spacial score (nSPS) is 21.7. The van der Waals surface area contributed by atoms with E-state index < -0.39 is 6.10 Å². The fraction of sp³-hybridized carbons (Fsp3) is 0.818. The van der Waals surface area contributed by atoms with Crippen LogP contribution in [0.1, 0.15) is 13.3 Å². The number of amides is 2. The standard InChI is InChI=1S/C11H20N2O4/c1-3-13-6-8(4-10(13)15)11(16)12-5-9(14)7-17-2/h8-9,14H,3-7H2,1-2H3,(H,12,16). The van der Waals surface area contributed by atoms with Gasteiger partial charge in [0.2, 0.25) is 11.8 Å². The van der Waals surface area contributed by atoms with Crippen LogP contribution < -0.4 is 5.32 Å². The second-order valence-corrected chi connectivity index (χ2v) is 4.19. The summed E-state index contributed by atoms with van der Waals surface area (Å²) in [5.74, 6) is -0.452. The number of nitrogens with one attached hydrogen (secondary N) is 1. The number of ether oxygens (including phenoxy) is 1. The minimum atomic E-state index is -0.705. The zero-order chi connectivity index (χ0) is 12.8. The molecule has 1 aliphatic heterocycles. The summed E-state index contributed by atoms with van der Waals surface area (Å²) in [5, 5.41) is 12.0. The number of carbonyl (C=O) groups is 2. The molecule has 1 heterocycles. The topological polar surface area (TPSA) is 78.9 Å². The van der Waals surface area contributed by atoms with Crippen molar-refractivity contribution in [3.05, 3.63) is 0 Å². The third-order valence-corrected chi connectivity index (χ3v) is 2.84. The van der Waals surface area contributed by atoms with Gasteiger partial charge in [-0.25, -0.2) is 0 Å². The SMILES string of the molecule is CCN1CC(C(=O)NCC(O)COC)CC1=O. The van der Waals surface area contributed by atoms with E-state index >= 15 is 0 Å². The molecule has 0 radical (unpaired) electrons. The smallest absolute Gasteiger partial charge is 0.225 e. The summed E-state index contributed by atoms with van der Waals surface area (Å²) in [6.07, 6.45) is -0.441. The molecule has 2 atom stereocenters. The molecule has 1 rings (SSSR count). The molecule has 0 bridgehead atoms. The van der Waals surface area contributed by atoms with Crippen molar-refractivity contribution in [2.45, 2.75) is 19.4 Å². The van der Waals surface area contributed by atoms with Crippen LogP contribution in [0.2, 0.25) is 0 Å². The van der Waals surface area contributed by atoms with Crippen LogP contribution in [-0.2, 0) is 14.3 Å². The maximum atomic E-state index is 11.7. The van der Waals surface area contributed by atoms with E-state index in [1.165, 1.54) is 7.11 Å². The molecule has 0 saturated carbocycles. The van der Waals surface area contributed by atoms with E-state index in [0.29, 0.717) is 13.1 Å². The van der Waals surface area contributed by atoms with Gasteiger partial charge in [0.05, 0.1) is 18.6 Å². The first-order valence-electron chi connectivity index (χ1n) is 5.81. The summed E-state index contributed by atoms with van der Waals surface area (Å²) >= 11 is 0. The van der Waals surface area contributed by atoms with E-state index in [1.54, 1.807) is 4.90 Å². The second kappa shape index (κ2) is 6.56. The Hall–Kier alpha value is -1.14. The Morgan fingerprint density at radius 1 is 1.71 bits per heavy atom. The van der Waals surface area contributed by atoms with Gasteiger partial charge in [-0.2, -0.15) is 0 Å². The van der Waals surface area contributed by atoms with Crippen LogP contribution in [0.25, 0.3) is 0 Å². The van der Waals surface area contributed by atoms with Gasteiger partial charge in [-0.05, 0) is 6.92 Å². The Kier molecular flexibility index (Phi) is 5.37. The molecule has 0 aromatic rings. The van der Waals surface area contributed by atoms with Crippen LogP contribution in [0.4, 0.5) is 0 Å². The van der Waals surface area contributed by atoms with Crippen LogP contribution in [0.3, 0.4) is 0 Å². The summed E-state index contributed by atoms with van der Waals surface area (Å²) in [4.78, 5) is 24.8. The lowest BCUT2D eigenvalue weighted by Gasteiger charge is -2.15. The predicted octanol–water partition coefficient (Wildman–Crippen LogP) is -1.02. The second-order valence-electron chi connectivity index (χ2n) is 4.19. The van der Waals surface area contributed by atoms with Crippen molar-refractivity contribution in [3.8, 4) is 0 Å². The molecule has 17 heavy (non-hydrogen) atoms. The average Bonchev–Trinajstić information content (AvgIpc) is 2.68. The Labute approximate surface area is 101 Å². The Morgan fingerprint density at radius 3 is 2.94 bits per heavy atom. The van der Waals surface area contributed by atoms with E-state index in [4.69, 9.17) is 4.74 Å². The van der Waals surface area contributed by atoms with Gasteiger partial charge >= 0.3 is 0 Å². The Bertz CT molecular complexity index is 283. The predicted molar refractivity (Wildman–Crippen MR) is 61.3 cm³/mol. The Balaban J connectivity index is 2.32. The van der Waals surface area contributed by atoms with Crippen molar-refractivity contribution in [1.82, 2.24) is 10.2 Å². The molecule has 2 unspecified atom stereocenters. The summed E-state index contributed by atoms with van der Waals surface area (Å²) in [6, 6.07) is 0. The largest absolute Gasteiger partial charge is 0.389 e. The maximum absolute atomic E-state index is 11.7. The fourth-order valence-corrected chi connectivity index (χ4v) is 1.87. The van der Waals surface area contributed by atoms with Gasteiger partial charge in [-0.3, -0.25) is 9.59 Å². The first-order valence-corrected chi connectivity index (χ1v) is 5.81. The summed E-state index contributed by atoms with van der Waals surface area (Å²) < 4.78 is 4.75. The highest BCUT2D eigenvalue weighted by Gasteiger charge is 2.33. The highest BCUT2D eigenvalue weighted by Crippen LogP contribution is 2.17. The summed E-state index contributed by atoms with van der Waals surface area (Å²) in [7, 11) is 1.49. The van der Waals surface area contributed by atoms with Gasteiger partial charge < -0.3 is 20.1 Å². The molecule has 2 amide bonds. The number of aliphatic hydroxyl groups is 1. The molecule has 0 aromatic heterocycles. The first-order chi connectivity index (χ1) is 8.08. The number of hydrogen-bond donors (Lipinski definition) is 2. The van der Waals surface area contributed by atoms with Crippen molar-refractivity contribution in [1.29, 1.82) is 0 Å². The van der Waals surface area contributed by atoms with Gasteiger partial charge in [0.15, 0.2) is 0 Å². The van der Waals surface area contributed by atoms with Gasteiger partial charge in [-0.1, -0.05) is 0 Å². The molecule has 6 heteroatoms. The number of nitrogens with zero attached hydrogens (tertiary/aromatic N) is 1. The van der Waals surface area contributed by atoms with Gasteiger partial charge in [-0.15, -0.1) is 0 Å². The molecule has 1 fully saturated rings. The molecule has 1 saturated heterocycles. The third-order valence-electron chi connectivity index (χ3n) is 2.84. The molecule has 2 N–H and O–H groups in total. The lowest BCUT2D eigenvalue weighted by atomic mass is 10.1. The highest BCUT2D eigenvalue weighted by atomic mass is 16.5. The minimum absolute atomic E-state index is 0.0186. The van der Waals surface area contributed by atoms with Crippen LogP contribution in [-0.4, -0.2) is 61.3 Å². The number of carbonyl (C=O) groups excluding carboxylic acids is 2. The van der Waals surface area contributed by atoms with Gasteiger partial charge in [0.1, 0.15) is 0 Å². The van der Waals surface area contributed by atoms with Crippen molar-refractivity contribution in [2.24, 2.45) is 5.92 Å².